The molecule has 0 aliphatic carbocycles. The summed E-state index contributed by atoms with van der Waals surface area (Å²) in [6, 6.07) is 5.34. The van der Waals surface area contributed by atoms with Gasteiger partial charge in [-0.05, 0) is 52.5 Å². The van der Waals surface area contributed by atoms with Gasteiger partial charge in [-0.3, -0.25) is 14.5 Å². The molecule has 28 heavy (non-hydrogen) atoms. The number of nitrogens with zero attached hydrogens (tertiary/aromatic N) is 3. The summed E-state index contributed by atoms with van der Waals surface area (Å²) < 4.78 is 1.90. The number of carbonyl (C=O) groups excluding carboxylic acids is 1. The quantitative estimate of drug-likeness (QED) is 0.850. The number of nitrogens with one attached hydrogen (secondary N) is 1. The first-order valence-corrected chi connectivity index (χ1v) is 10.3. The molecular formula is C21H31N4O3. The van der Waals surface area contributed by atoms with Crippen molar-refractivity contribution in [2.75, 3.05) is 19.6 Å². The summed E-state index contributed by atoms with van der Waals surface area (Å²) in [5, 5.41) is 16.8. The van der Waals surface area contributed by atoms with Crippen molar-refractivity contribution < 1.29 is 10.0 Å². The van der Waals surface area contributed by atoms with Crippen molar-refractivity contribution in [3.05, 3.63) is 34.2 Å². The average molecular weight is 388 g/mol. The Labute approximate surface area is 166 Å². The molecule has 1 unspecified atom stereocenters. The van der Waals surface area contributed by atoms with Crippen molar-refractivity contribution in [2.45, 2.75) is 70.1 Å². The Bertz CT molecular complexity index is 831. The number of pyridine rings is 1. The minimum atomic E-state index is -0.613. The number of carbonyl (C=O) groups is 1. The van der Waals surface area contributed by atoms with Crippen LogP contribution in [0.25, 0.3) is 0 Å². The molecule has 1 aromatic heterocycles. The minimum absolute atomic E-state index is 0.0189. The molecule has 2 saturated heterocycles. The van der Waals surface area contributed by atoms with Crippen LogP contribution in [0.15, 0.2) is 23.0 Å². The third-order valence-electron chi connectivity index (χ3n) is 6.89. The fraction of sp³-hybridized carbons (Fsp3) is 0.714. The number of fused-ring (bicyclic) bond motifs is 4. The van der Waals surface area contributed by atoms with Crippen molar-refractivity contribution in [2.24, 2.45) is 5.92 Å². The first-order chi connectivity index (χ1) is 13.1. The lowest BCUT2D eigenvalue weighted by atomic mass is 9.83. The van der Waals surface area contributed by atoms with E-state index in [4.69, 9.17) is 0 Å². The largest absolute Gasteiger partial charge is 0.350 e. The first kappa shape index (κ1) is 19.6. The highest BCUT2D eigenvalue weighted by Crippen LogP contribution is 2.39. The maximum atomic E-state index is 12.8. The van der Waals surface area contributed by atoms with Crippen LogP contribution in [0, 0.1) is 5.92 Å². The van der Waals surface area contributed by atoms with E-state index in [9.17, 15) is 14.8 Å². The summed E-state index contributed by atoms with van der Waals surface area (Å²) in [5.41, 5.74) is 0.0827. The van der Waals surface area contributed by atoms with Crippen molar-refractivity contribution in [1.82, 2.24) is 19.8 Å². The van der Waals surface area contributed by atoms with Gasteiger partial charge in [-0.1, -0.05) is 6.07 Å². The zero-order chi connectivity index (χ0) is 20.3. The van der Waals surface area contributed by atoms with Crippen LogP contribution in [-0.2, 0) is 16.5 Å². The summed E-state index contributed by atoms with van der Waals surface area (Å²) in [6.45, 7) is 10.4. The third kappa shape index (κ3) is 3.29. The molecule has 0 saturated carbocycles. The third-order valence-corrected chi connectivity index (χ3v) is 6.89. The van der Waals surface area contributed by atoms with E-state index in [2.05, 4.69) is 10.2 Å². The number of piperidine rings is 1. The highest BCUT2D eigenvalue weighted by Gasteiger charge is 2.53. The predicted octanol–water partition coefficient (Wildman–Crippen LogP) is 1.36. The molecule has 1 radical (unpaired) electrons. The van der Waals surface area contributed by atoms with Crippen LogP contribution in [0.2, 0.25) is 0 Å². The van der Waals surface area contributed by atoms with E-state index in [1.54, 1.807) is 6.07 Å². The molecule has 7 nitrogen and oxygen atoms in total. The van der Waals surface area contributed by atoms with Crippen molar-refractivity contribution in [3.63, 3.8) is 0 Å². The number of amides is 1. The van der Waals surface area contributed by atoms with Crippen LogP contribution in [0.4, 0.5) is 0 Å². The smallest absolute Gasteiger partial charge is 0.250 e. The lowest BCUT2D eigenvalue weighted by molar-refractivity contribution is -0.246. The molecule has 2 fully saturated rings. The molecule has 4 heterocycles. The van der Waals surface area contributed by atoms with Crippen LogP contribution in [0.1, 0.15) is 52.1 Å². The standard InChI is InChI=1S/C21H31N4O3/c1-20(2)9-17(21(3,4)25(20)28)22-18(26)13-23-10-14-8-15(12-23)16-6-5-7-19(27)24(16)11-14/h5-7,14-15,17H,8-13H2,1-4H3,(H,22,26)/t14-,15+,17?/m1/s1. The van der Waals surface area contributed by atoms with Gasteiger partial charge in [0.15, 0.2) is 0 Å². The van der Waals surface area contributed by atoms with Crippen LogP contribution < -0.4 is 10.9 Å². The van der Waals surface area contributed by atoms with Gasteiger partial charge in [0.1, 0.15) is 0 Å². The van der Waals surface area contributed by atoms with Gasteiger partial charge in [-0.25, -0.2) is 0 Å². The molecule has 2 bridgehead atoms. The van der Waals surface area contributed by atoms with E-state index in [0.717, 1.165) is 36.8 Å². The monoisotopic (exact) mass is 387 g/mol. The first-order valence-electron chi connectivity index (χ1n) is 10.3. The number of rotatable bonds is 3. The summed E-state index contributed by atoms with van der Waals surface area (Å²) in [6.07, 6.45) is 1.73. The minimum Gasteiger partial charge on any atom is -0.350 e. The zero-order valence-corrected chi connectivity index (χ0v) is 17.3. The lowest BCUT2D eigenvalue weighted by Gasteiger charge is -2.42. The second-order valence-corrected chi connectivity index (χ2v) is 9.98. The second-order valence-electron chi connectivity index (χ2n) is 9.98. The molecule has 3 atom stereocenters. The predicted molar refractivity (Wildman–Crippen MR) is 105 cm³/mol. The maximum absolute atomic E-state index is 12.8. The molecule has 3 aliphatic heterocycles. The molecular weight excluding hydrogens is 356 g/mol. The number of hydrogen-bond acceptors (Lipinski definition) is 4. The van der Waals surface area contributed by atoms with Gasteiger partial charge < -0.3 is 9.88 Å². The van der Waals surface area contributed by atoms with Gasteiger partial charge in [-0.2, -0.15) is 0 Å². The maximum Gasteiger partial charge on any atom is 0.250 e. The Kier molecular flexibility index (Phi) is 4.68. The molecule has 3 aliphatic rings. The van der Waals surface area contributed by atoms with Crippen LogP contribution in [-0.4, -0.2) is 57.2 Å². The van der Waals surface area contributed by atoms with E-state index < -0.39 is 11.1 Å². The van der Waals surface area contributed by atoms with E-state index >= 15 is 0 Å². The Morgan fingerprint density at radius 3 is 2.61 bits per heavy atom. The molecule has 153 valence electrons. The SMILES string of the molecule is CC1(C)CC(NC(=O)CN2C[C@H]3C[C@@H](C2)c2cccc(=O)n2C3)C(C)(C)N1[O]. The van der Waals surface area contributed by atoms with Gasteiger partial charge in [0.25, 0.3) is 5.56 Å². The van der Waals surface area contributed by atoms with Gasteiger partial charge in [-0.15, -0.1) is 10.3 Å². The molecule has 0 spiro atoms. The van der Waals surface area contributed by atoms with Gasteiger partial charge in [0.05, 0.1) is 18.1 Å². The van der Waals surface area contributed by atoms with E-state index in [1.807, 2.05) is 44.4 Å². The summed E-state index contributed by atoms with van der Waals surface area (Å²) in [5.74, 6) is 0.681. The Balaban J connectivity index is 1.41. The van der Waals surface area contributed by atoms with E-state index in [0.29, 0.717) is 24.8 Å². The van der Waals surface area contributed by atoms with Gasteiger partial charge in [0, 0.05) is 42.9 Å². The van der Waals surface area contributed by atoms with Crippen LogP contribution in [0.5, 0.6) is 0 Å². The highest BCUT2D eigenvalue weighted by atomic mass is 16.5. The Morgan fingerprint density at radius 1 is 1.18 bits per heavy atom. The zero-order valence-electron chi connectivity index (χ0n) is 17.3. The summed E-state index contributed by atoms with van der Waals surface area (Å²) >= 11 is 0. The number of likely N-dealkylation sites (tertiary alicyclic amines) is 1. The van der Waals surface area contributed by atoms with Gasteiger partial charge in [0.2, 0.25) is 5.91 Å². The molecule has 7 heteroatoms. The molecule has 1 aromatic rings. The van der Waals surface area contributed by atoms with Crippen LogP contribution >= 0.6 is 0 Å². The normalized spacial score (nSPS) is 31.4. The molecule has 0 aromatic carbocycles. The molecule has 4 rings (SSSR count). The lowest BCUT2D eigenvalue weighted by Crippen LogP contribution is -2.55. The van der Waals surface area contributed by atoms with Gasteiger partial charge >= 0.3 is 0 Å². The van der Waals surface area contributed by atoms with Crippen LogP contribution in [0.3, 0.4) is 0 Å². The van der Waals surface area contributed by atoms with E-state index in [-0.39, 0.29) is 17.5 Å². The number of hydrogen-bond donors (Lipinski definition) is 1. The van der Waals surface area contributed by atoms with E-state index in [1.165, 1.54) is 0 Å². The van der Waals surface area contributed by atoms with Crippen molar-refractivity contribution >= 4 is 5.91 Å². The summed E-state index contributed by atoms with van der Waals surface area (Å²) in [4.78, 5) is 27.1. The molecule has 1 amide bonds. The topological polar surface area (TPSA) is 77.5 Å². The fourth-order valence-corrected chi connectivity index (χ4v) is 5.55. The summed E-state index contributed by atoms with van der Waals surface area (Å²) in [7, 11) is 0. The number of aromatic nitrogens is 1. The van der Waals surface area contributed by atoms with Crippen molar-refractivity contribution in [3.8, 4) is 0 Å². The Hall–Kier alpha value is -1.70. The Morgan fingerprint density at radius 2 is 1.93 bits per heavy atom. The molecule has 1 N–H and O–H groups in total. The van der Waals surface area contributed by atoms with Crippen molar-refractivity contribution in [1.29, 1.82) is 0 Å². The number of hydroxylamine groups is 2. The fourth-order valence-electron chi connectivity index (χ4n) is 5.55. The average Bonchev–Trinajstić information content (AvgIpc) is 2.75. The second kappa shape index (κ2) is 6.68. The highest BCUT2D eigenvalue weighted by molar-refractivity contribution is 5.78.